The highest BCUT2D eigenvalue weighted by atomic mass is 32.1. The number of fused-ring (bicyclic) bond motifs is 1. The van der Waals surface area contributed by atoms with Crippen LogP contribution in [-0.2, 0) is 9.59 Å². The van der Waals surface area contributed by atoms with Crippen LogP contribution in [0.1, 0.15) is 25.5 Å². The minimum atomic E-state index is -0.682. The molecule has 0 bridgehead atoms. The summed E-state index contributed by atoms with van der Waals surface area (Å²) in [5, 5.41) is 8.78. The molecule has 4 aromatic rings. The molecule has 3 aromatic carbocycles. The number of nitrogens with one attached hydrogen (secondary N) is 1. The van der Waals surface area contributed by atoms with Gasteiger partial charge in [-0.2, -0.15) is 10.1 Å². The number of hydrogen-bond acceptors (Lipinski definition) is 6. The lowest BCUT2D eigenvalue weighted by atomic mass is 9.95. The van der Waals surface area contributed by atoms with Crippen molar-refractivity contribution >= 4 is 46.3 Å². The van der Waals surface area contributed by atoms with E-state index in [1.165, 1.54) is 16.3 Å². The molecule has 0 spiro atoms. The summed E-state index contributed by atoms with van der Waals surface area (Å²) in [4.78, 5) is 46.0. The normalized spacial score (nSPS) is 18.9. The summed E-state index contributed by atoms with van der Waals surface area (Å²) in [6.07, 6.45) is 1.67. The lowest BCUT2D eigenvalue weighted by molar-refractivity contribution is -0.118. The average Bonchev–Trinajstić information content (AvgIpc) is 3.43. The molecule has 0 unspecified atom stereocenters. The smallest absolute Gasteiger partial charge is 0.270 e. The summed E-state index contributed by atoms with van der Waals surface area (Å²) < 4.78 is 1.93. The van der Waals surface area contributed by atoms with Crippen LogP contribution in [0.25, 0.3) is 6.08 Å². The molecule has 0 saturated heterocycles. The third-order valence-corrected chi connectivity index (χ3v) is 7.92. The van der Waals surface area contributed by atoms with Crippen LogP contribution in [0.3, 0.4) is 0 Å². The zero-order chi connectivity index (χ0) is 27.8. The summed E-state index contributed by atoms with van der Waals surface area (Å²) in [7, 11) is 0. The second-order valence-corrected chi connectivity index (χ2v) is 10.5. The molecule has 198 valence electrons. The van der Waals surface area contributed by atoms with E-state index in [-0.39, 0.29) is 17.4 Å². The zero-order valence-electron chi connectivity index (χ0n) is 21.8. The van der Waals surface area contributed by atoms with Crippen molar-refractivity contribution < 1.29 is 9.59 Å². The van der Waals surface area contributed by atoms with Crippen molar-refractivity contribution in [1.29, 1.82) is 0 Å². The van der Waals surface area contributed by atoms with Gasteiger partial charge in [-0.1, -0.05) is 78.1 Å². The molecule has 1 N–H and O–H groups in total. The highest BCUT2D eigenvalue weighted by Gasteiger charge is 2.35. The number of carbonyl (C=O) groups excluding carboxylic acids is 2. The van der Waals surface area contributed by atoms with E-state index in [1.54, 1.807) is 24.5 Å². The average molecular weight is 548 g/mol. The maximum absolute atomic E-state index is 13.9. The van der Waals surface area contributed by atoms with Gasteiger partial charge in [0.1, 0.15) is 5.92 Å². The molecule has 2 aliphatic rings. The molecule has 2 aliphatic heterocycles. The molecule has 3 heterocycles. The topological polar surface area (TPSA) is 96.1 Å². The number of hydrazone groups is 1. The number of para-hydroxylation sites is 2. The van der Waals surface area contributed by atoms with Gasteiger partial charge >= 0.3 is 0 Å². The number of allylic oxidation sites excluding steroid dienone is 1. The van der Waals surface area contributed by atoms with E-state index in [4.69, 9.17) is 0 Å². The largest absolute Gasteiger partial charge is 0.322 e. The van der Waals surface area contributed by atoms with Crippen molar-refractivity contribution in [3.05, 3.63) is 128 Å². The third kappa shape index (κ3) is 4.50. The number of benzene rings is 3. The van der Waals surface area contributed by atoms with E-state index >= 15 is 0 Å². The van der Waals surface area contributed by atoms with Gasteiger partial charge in [-0.25, -0.2) is 4.99 Å². The Labute approximate surface area is 233 Å². The van der Waals surface area contributed by atoms with Gasteiger partial charge in [0.05, 0.1) is 33.2 Å². The number of hydrogen-bond donors (Lipinski definition) is 1. The van der Waals surface area contributed by atoms with Gasteiger partial charge in [-0.3, -0.25) is 19.0 Å². The predicted molar refractivity (Wildman–Crippen MR) is 157 cm³/mol. The van der Waals surface area contributed by atoms with Crippen LogP contribution in [-0.4, -0.2) is 22.1 Å². The van der Waals surface area contributed by atoms with Crippen LogP contribution in [0.5, 0.6) is 0 Å². The lowest BCUT2D eigenvalue weighted by Gasteiger charge is -2.25. The molecule has 0 saturated carbocycles. The van der Waals surface area contributed by atoms with Gasteiger partial charge in [0.2, 0.25) is 0 Å². The van der Waals surface area contributed by atoms with Crippen LogP contribution in [0.15, 0.2) is 117 Å². The summed E-state index contributed by atoms with van der Waals surface area (Å²) in [5.74, 6) is -1.24. The molecule has 1 aromatic heterocycles. The first-order valence-electron chi connectivity index (χ1n) is 12.8. The first-order chi connectivity index (χ1) is 19.4. The van der Waals surface area contributed by atoms with Crippen molar-refractivity contribution in [2.24, 2.45) is 16.0 Å². The summed E-state index contributed by atoms with van der Waals surface area (Å²) in [6.45, 7) is 3.56. The molecule has 0 fully saturated rings. The maximum Gasteiger partial charge on any atom is 0.270 e. The molecular formula is C31H25N5O3S. The number of rotatable bonds is 5. The fraction of sp³-hybridized carbons (Fsp3) is 0.129. The quantitative estimate of drug-likeness (QED) is 0.411. The summed E-state index contributed by atoms with van der Waals surface area (Å²) in [5.41, 5.74) is 3.30. The van der Waals surface area contributed by atoms with E-state index in [1.807, 2.05) is 91.0 Å². The van der Waals surface area contributed by atoms with Crippen molar-refractivity contribution in [3.63, 3.8) is 0 Å². The van der Waals surface area contributed by atoms with Crippen LogP contribution in [0.2, 0.25) is 0 Å². The molecule has 6 rings (SSSR count). The number of carbonyl (C=O) groups is 2. The number of anilines is 2. The maximum atomic E-state index is 13.9. The van der Waals surface area contributed by atoms with Gasteiger partial charge in [-0.15, -0.1) is 0 Å². The van der Waals surface area contributed by atoms with Gasteiger partial charge in [-0.05, 0) is 49.8 Å². The lowest BCUT2D eigenvalue weighted by Crippen LogP contribution is -2.40. The number of thiazole rings is 1. The van der Waals surface area contributed by atoms with E-state index in [2.05, 4.69) is 15.4 Å². The minimum absolute atomic E-state index is 0.228. The fourth-order valence-electron chi connectivity index (χ4n) is 4.97. The second kappa shape index (κ2) is 10.3. The monoisotopic (exact) mass is 547 g/mol. The Kier molecular flexibility index (Phi) is 6.57. The molecule has 8 nitrogen and oxygen atoms in total. The Hall–Kier alpha value is -4.89. The van der Waals surface area contributed by atoms with E-state index in [9.17, 15) is 14.4 Å². The van der Waals surface area contributed by atoms with Crippen molar-refractivity contribution in [3.8, 4) is 0 Å². The zero-order valence-corrected chi connectivity index (χ0v) is 22.6. The van der Waals surface area contributed by atoms with E-state index in [0.29, 0.717) is 37.7 Å². The SMILES string of the molecule is CC1=NN(c2ccccc2)C(=O)[C@@H]1/C=c1/sc2n(c1=O)[C@H](c1ccccc1)C(C(=O)Nc1ccccc1)=C(C)N=2. The highest BCUT2D eigenvalue weighted by Crippen LogP contribution is 2.31. The standard InChI is InChI=1S/C31H25N5O3S/c1-19-24(29(38)36(34-19)23-16-10-5-11-17-23)18-25-30(39)35-27(21-12-6-3-7-13-21)26(20(2)32-31(35)40-25)28(37)33-22-14-8-4-9-15-22/h3-18,24,27H,1-2H3,(H,33,37)/b25-18+/t24-,27-/m1/s1. The van der Waals surface area contributed by atoms with E-state index < -0.39 is 12.0 Å². The first kappa shape index (κ1) is 25.4. The molecule has 40 heavy (non-hydrogen) atoms. The van der Waals surface area contributed by atoms with Crippen LogP contribution >= 0.6 is 11.3 Å². The first-order valence-corrected chi connectivity index (χ1v) is 13.6. The molecule has 0 radical (unpaired) electrons. The molecule has 2 amide bonds. The molecular weight excluding hydrogens is 522 g/mol. The van der Waals surface area contributed by atoms with Crippen molar-refractivity contribution in [2.45, 2.75) is 19.9 Å². The summed E-state index contributed by atoms with van der Waals surface area (Å²) in [6, 6.07) is 27.1. The Bertz CT molecular complexity index is 1860. The van der Waals surface area contributed by atoms with Gasteiger partial charge in [0.15, 0.2) is 4.80 Å². The number of aromatic nitrogens is 1. The van der Waals surface area contributed by atoms with E-state index in [0.717, 1.165) is 5.56 Å². The molecule has 2 atom stereocenters. The van der Waals surface area contributed by atoms with Crippen LogP contribution in [0, 0.1) is 5.92 Å². The van der Waals surface area contributed by atoms with Crippen LogP contribution < -0.4 is 25.2 Å². The number of nitrogens with zero attached hydrogens (tertiary/aromatic N) is 4. The van der Waals surface area contributed by atoms with Gasteiger partial charge < -0.3 is 5.32 Å². The molecule has 0 aliphatic carbocycles. The molecule has 9 heteroatoms. The van der Waals surface area contributed by atoms with Gasteiger partial charge in [0.25, 0.3) is 17.4 Å². The van der Waals surface area contributed by atoms with Gasteiger partial charge in [0, 0.05) is 5.69 Å². The second-order valence-electron chi connectivity index (χ2n) is 9.54. The Morgan fingerprint density at radius 2 is 1.52 bits per heavy atom. The minimum Gasteiger partial charge on any atom is -0.322 e. The predicted octanol–water partition coefficient (Wildman–Crippen LogP) is 3.86. The Morgan fingerprint density at radius 1 is 0.900 bits per heavy atom. The van der Waals surface area contributed by atoms with Crippen molar-refractivity contribution in [1.82, 2.24) is 4.57 Å². The third-order valence-electron chi connectivity index (χ3n) is 6.91. The Morgan fingerprint density at radius 3 is 2.20 bits per heavy atom. The Balaban J connectivity index is 1.44. The highest BCUT2D eigenvalue weighted by molar-refractivity contribution is 7.07. The summed E-state index contributed by atoms with van der Waals surface area (Å²) >= 11 is 1.21. The number of amides is 2. The fourth-order valence-corrected chi connectivity index (χ4v) is 6.03. The van der Waals surface area contributed by atoms with Crippen LogP contribution in [0.4, 0.5) is 11.4 Å². The van der Waals surface area contributed by atoms with Crippen molar-refractivity contribution in [2.75, 3.05) is 10.3 Å².